The summed E-state index contributed by atoms with van der Waals surface area (Å²) in [6, 6.07) is 7.48. The highest BCUT2D eigenvalue weighted by Crippen LogP contribution is 2.44. The number of hydrogen-bond donors (Lipinski definition) is 1. The molecule has 2 N–H and O–H groups in total. The van der Waals surface area contributed by atoms with Gasteiger partial charge >= 0.3 is 5.97 Å². The first-order chi connectivity index (χ1) is 9.08. The van der Waals surface area contributed by atoms with Crippen LogP contribution in [0.3, 0.4) is 0 Å². The summed E-state index contributed by atoms with van der Waals surface area (Å²) >= 11 is 11.2. The zero-order chi connectivity index (χ0) is 13.9. The van der Waals surface area contributed by atoms with Crippen molar-refractivity contribution in [1.29, 1.82) is 0 Å². The van der Waals surface area contributed by atoms with Gasteiger partial charge < -0.3 is 10.6 Å². The van der Waals surface area contributed by atoms with Crippen molar-refractivity contribution in [3.05, 3.63) is 34.9 Å². The van der Waals surface area contributed by atoms with Gasteiger partial charge in [0.2, 0.25) is 0 Å². The molecule has 0 aliphatic heterocycles. The molecular weight excluding hydrogens is 287 g/mol. The number of amidine groups is 1. The molecule has 1 aromatic rings. The quantitative estimate of drug-likeness (QED) is 0.306. The Hall–Kier alpha value is -1.26. The fourth-order valence-corrected chi connectivity index (χ4v) is 2.38. The van der Waals surface area contributed by atoms with Gasteiger partial charge in [-0.25, -0.2) is 4.79 Å². The molecule has 1 saturated carbocycles. The van der Waals surface area contributed by atoms with E-state index in [1.807, 2.05) is 24.3 Å². The Bertz CT molecular complexity index is 496. The van der Waals surface area contributed by atoms with Crippen LogP contribution < -0.4 is 5.73 Å². The molecule has 0 bridgehead atoms. The van der Waals surface area contributed by atoms with Crippen LogP contribution in [0.2, 0.25) is 5.02 Å². The minimum Gasteiger partial charge on any atom is -0.384 e. The molecule has 6 heteroatoms. The monoisotopic (exact) mass is 300 g/mol. The molecule has 0 radical (unpaired) electrons. The van der Waals surface area contributed by atoms with Gasteiger partial charge in [-0.15, -0.1) is 11.6 Å². The third-order valence-corrected chi connectivity index (χ3v) is 3.92. The average molecular weight is 301 g/mol. The number of rotatable bonds is 4. The maximum atomic E-state index is 11.0. The molecule has 0 unspecified atom stereocenters. The summed E-state index contributed by atoms with van der Waals surface area (Å²) < 4.78 is 0. The molecule has 1 fully saturated rings. The van der Waals surface area contributed by atoms with Crippen LogP contribution in [0, 0.1) is 0 Å². The largest absolute Gasteiger partial charge is 0.384 e. The summed E-state index contributed by atoms with van der Waals surface area (Å²) in [5.41, 5.74) is 6.67. The number of hydrogen-bond acceptors (Lipinski definition) is 3. The first kappa shape index (κ1) is 14.2. The van der Waals surface area contributed by atoms with Crippen LogP contribution >= 0.6 is 23.2 Å². The number of oxime groups is 1. The van der Waals surface area contributed by atoms with Crippen LogP contribution in [0.1, 0.15) is 24.8 Å². The lowest BCUT2D eigenvalue weighted by molar-refractivity contribution is -0.140. The van der Waals surface area contributed by atoms with Gasteiger partial charge in [-0.05, 0) is 30.5 Å². The number of alkyl halides is 1. The summed E-state index contributed by atoms with van der Waals surface area (Å²) in [4.78, 5) is 15.6. The van der Waals surface area contributed by atoms with Crippen molar-refractivity contribution in [1.82, 2.24) is 0 Å². The van der Waals surface area contributed by atoms with Crippen LogP contribution in [0.15, 0.2) is 29.4 Å². The highest BCUT2D eigenvalue weighted by Gasteiger charge is 2.43. The van der Waals surface area contributed by atoms with Gasteiger partial charge in [-0.3, -0.25) is 0 Å². The lowest BCUT2D eigenvalue weighted by Crippen LogP contribution is -2.47. The van der Waals surface area contributed by atoms with Crippen LogP contribution in [-0.4, -0.2) is 17.7 Å². The van der Waals surface area contributed by atoms with Gasteiger partial charge in [0, 0.05) is 5.02 Å². The first-order valence-electron chi connectivity index (χ1n) is 5.94. The number of nitrogens with zero attached hydrogens (tertiary/aromatic N) is 1. The number of nitrogens with two attached hydrogens (primary N) is 1. The molecule has 0 spiro atoms. The zero-order valence-electron chi connectivity index (χ0n) is 10.2. The van der Waals surface area contributed by atoms with Crippen molar-refractivity contribution in [2.75, 3.05) is 5.88 Å². The van der Waals surface area contributed by atoms with Gasteiger partial charge in [0.15, 0.2) is 5.84 Å². The van der Waals surface area contributed by atoms with Gasteiger partial charge in [0.05, 0.1) is 5.41 Å². The maximum absolute atomic E-state index is 11.0. The van der Waals surface area contributed by atoms with E-state index >= 15 is 0 Å². The molecule has 102 valence electrons. The lowest BCUT2D eigenvalue weighted by Gasteiger charge is -2.41. The fraction of sp³-hybridized carbons (Fsp3) is 0.385. The van der Waals surface area contributed by atoms with Crippen molar-refractivity contribution in [3.8, 4) is 0 Å². The topological polar surface area (TPSA) is 64.7 Å². The van der Waals surface area contributed by atoms with Crippen molar-refractivity contribution in [2.24, 2.45) is 10.9 Å². The Labute approximate surface area is 121 Å². The molecule has 0 atom stereocenters. The summed E-state index contributed by atoms with van der Waals surface area (Å²) in [7, 11) is 0. The van der Waals surface area contributed by atoms with E-state index in [2.05, 4.69) is 9.99 Å². The molecule has 1 aliphatic carbocycles. The van der Waals surface area contributed by atoms with Crippen molar-refractivity contribution >= 4 is 35.0 Å². The van der Waals surface area contributed by atoms with Gasteiger partial charge in [-0.1, -0.05) is 35.3 Å². The average Bonchev–Trinajstić information content (AvgIpc) is 2.36. The van der Waals surface area contributed by atoms with E-state index in [4.69, 9.17) is 28.9 Å². The Morgan fingerprint density at radius 3 is 2.47 bits per heavy atom. The summed E-state index contributed by atoms with van der Waals surface area (Å²) in [6.07, 6.45) is 2.81. The number of carbonyl (C=O) groups excluding carboxylic acids is 1. The van der Waals surface area contributed by atoms with Crippen LogP contribution in [0.4, 0.5) is 0 Å². The van der Waals surface area contributed by atoms with E-state index in [-0.39, 0.29) is 11.3 Å². The van der Waals surface area contributed by atoms with E-state index in [0.29, 0.717) is 10.9 Å². The van der Waals surface area contributed by atoms with Crippen molar-refractivity contribution in [3.63, 3.8) is 0 Å². The molecule has 2 rings (SSSR count). The van der Waals surface area contributed by atoms with Crippen LogP contribution in [0.5, 0.6) is 0 Å². The van der Waals surface area contributed by atoms with E-state index in [1.54, 1.807) is 0 Å². The van der Waals surface area contributed by atoms with E-state index in [1.165, 1.54) is 0 Å². The predicted octanol–water partition coefficient (Wildman–Crippen LogP) is 2.82. The fourth-order valence-electron chi connectivity index (χ4n) is 2.20. The second kappa shape index (κ2) is 5.80. The third-order valence-electron chi connectivity index (χ3n) is 3.45. The molecule has 1 aromatic carbocycles. The summed E-state index contributed by atoms with van der Waals surface area (Å²) in [5.74, 6) is -0.556. The van der Waals surface area contributed by atoms with Crippen LogP contribution in [-0.2, 0) is 15.0 Å². The molecule has 1 aliphatic rings. The predicted molar refractivity (Wildman–Crippen MR) is 75.4 cm³/mol. The lowest BCUT2D eigenvalue weighted by atomic mass is 9.63. The zero-order valence-corrected chi connectivity index (χ0v) is 11.7. The molecule has 0 aromatic heterocycles. The Morgan fingerprint density at radius 1 is 1.37 bits per heavy atom. The Kier molecular flexibility index (Phi) is 4.32. The van der Waals surface area contributed by atoms with Crippen molar-refractivity contribution in [2.45, 2.75) is 24.7 Å². The minimum absolute atomic E-state index is 0.245. The maximum Gasteiger partial charge on any atom is 0.349 e. The molecule has 19 heavy (non-hydrogen) atoms. The normalized spacial score (nSPS) is 17.7. The molecule has 0 heterocycles. The number of carbonyl (C=O) groups is 1. The SMILES string of the molecule is N/C(=N\OC(=O)CCl)C1(c2ccc(Cl)cc2)CCC1. The van der Waals surface area contributed by atoms with Crippen molar-refractivity contribution < 1.29 is 9.63 Å². The second-order valence-corrected chi connectivity index (χ2v) is 5.22. The molecule has 4 nitrogen and oxygen atoms in total. The standard InChI is InChI=1S/C13H14Cl2N2O2/c14-8-11(18)19-17-12(16)13(6-1-7-13)9-2-4-10(15)5-3-9/h2-5H,1,6-8H2,(H2,16,17). The van der Waals surface area contributed by atoms with Gasteiger partial charge in [-0.2, -0.15) is 0 Å². The van der Waals surface area contributed by atoms with E-state index in [9.17, 15) is 4.79 Å². The van der Waals surface area contributed by atoms with E-state index < -0.39 is 5.97 Å². The van der Waals surface area contributed by atoms with E-state index in [0.717, 1.165) is 24.8 Å². The number of halogens is 2. The highest BCUT2D eigenvalue weighted by molar-refractivity contribution is 6.30. The Balaban J connectivity index is 2.22. The first-order valence-corrected chi connectivity index (χ1v) is 6.85. The molecular formula is C13H14Cl2N2O2. The van der Waals surface area contributed by atoms with Crippen LogP contribution in [0.25, 0.3) is 0 Å². The summed E-state index contributed by atoms with van der Waals surface area (Å²) in [5, 5.41) is 4.38. The molecule has 0 saturated heterocycles. The Morgan fingerprint density at radius 2 is 2.00 bits per heavy atom. The van der Waals surface area contributed by atoms with Gasteiger partial charge in [0.25, 0.3) is 0 Å². The number of benzene rings is 1. The minimum atomic E-state index is -0.616. The smallest absolute Gasteiger partial charge is 0.349 e. The summed E-state index contributed by atoms with van der Waals surface area (Å²) in [6.45, 7) is 0. The molecule has 0 amide bonds. The third kappa shape index (κ3) is 2.85. The second-order valence-electron chi connectivity index (χ2n) is 4.52. The van der Waals surface area contributed by atoms with Gasteiger partial charge in [0.1, 0.15) is 5.88 Å². The highest BCUT2D eigenvalue weighted by atomic mass is 35.5.